The molecule has 1 aliphatic carbocycles. The number of aliphatic hydroxyl groups is 1. The number of aromatic nitrogens is 3. The van der Waals surface area contributed by atoms with Crippen LogP contribution in [0.5, 0.6) is 11.6 Å². The van der Waals surface area contributed by atoms with Gasteiger partial charge < -0.3 is 30.5 Å². The quantitative estimate of drug-likeness (QED) is 0.211. The monoisotopic (exact) mass is 554 g/mol. The van der Waals surface area contributed by atoms with E-state index in [2.05, 4.69) is 26.7 Å². The summed E-state index contributed by atoms with van der Waals surface area (Å²) < 4.78 is 6.53. The van der Waals surface area contributed by atoms with Crippen LogP contribution in [-0.2, 0) is 0 Å². The molecule has 1 saturated heterocycles. The van der Waals surface area contributed by atoms with E-state index in [1.165, 1.54) is 4.90 Å². The minimum Gasteiger partial charge on any atom is -0.465 e. The molecule has 2 atom stereocenters. The van der Waals surface area contributed by atoms with Gasteiger partial charge in [-0.15, -0.1) is 0 Å². The molecule has 10 heteroatoms. The molecule has 41 heavy (non-hydrogen) atoms. The van der Waals surface area contributed by atoms with Gasteiger partial charge in [0.25, 0.3) is 0 Å². The zero-order valence-corrected chi connectivity index (χ0v) is 23.0. The summed E-state index contributed by atoms with van der Waals surface area (Å²) in [5, 5.41) is 28.4. The number of aliphatic hydroxyl groups excluding tert-OH is 1. The Morgan fingerprint density at radius 1 is 1.07 bits per heavy atom. The van der Waals surface area contributed by atoms with Crippen molar-refractivity contribution in [1.29, 1.82) is 0 Å². The minimum absolute atomic E-state index is 0.0637. The van der Waals surface area contributed by atoms with Gasteiger partial charge in [-0.3, -0.25) is 0 Å². The van der Waals surface area contributed by atoms with E-state index in [1.54, 1.807) is 12.4 Å². The number of rotatable bonds is 9. The summed E-state index contributed by atoms with van der Waals surface area (Å²) in [6.45, 7) is 3.45. The van der Waals surface area contributed by atoms with Gasteiger partial charge in [-0.05, 0) is 68.4 Å². The highest BCUT2D eigenvalue weighted by Crippen LogP contribution is 2.39. The number of amides is 1. The summed E-state index contributed by atoms with van der Waals surface area (Å²) in [4.78, 5) is 26.5. The van der Waals surface area contributed by atoms with Crippen LogP contribution in [0.2, 0.25) is 0 Å². The lowest BCUT2D eigenvalue weighted by Gasteiger charge is -2.31. The van der Waals surface area contributed by atoms with Gasteiger partial charge in [0, 0.05) is 54.5 Å². The molecule has 1 saturated carbocycles. The van der Waals surface area contributed by atoms with E-state index in [1.807, 2.05) is 49.4 Å². The fraction of sp³-hybridized carbons (Fsp3) is 0.355. The third kappa shape index (κ3) is 6.02. The maximum Gasteiger partial charge on any atom is 0.407 e. The molecular weight excluding hydrogens is 520 g/mol. The lowest BCUT2D eigenvalue weighted by molar-refractivity contribution is 0.132. The van der Waals surface area contributed by atoms with Crippen LogP contribution in [-0.4, -0.2) is 67.9 Å². The van der Waals surface area contributed by atoms with E-state index in [-0.39, 0.29) is 12.1 Å². The Morgan fingerprint density at radius 2 is 1.95 bits per heavy atom. The number of likely N-dealkylation sites (tertiary alicyclic amines) is 1. The summed E-state index contributed by atoms with van der Waals surface area (Å²) in [6.07, 6.45) is 5.92. The van der Waals surface area contributed by atoms with Crippen LogP contribution in [0.3, 0.4) is 0 Å². The number of carboxylic acid groups (broad SMARTS) is 1. The highest BCUT2D eigenvalue weighted by atomic mass is 16.5. The predicted molar refractivity (Wildman–Crippen MR) is 157 cm³/mol. The van der Waals surface area contributed by atoms with Gasteiger partial charge in [-0.1, -0.05) is 24.3 Å². The maximum atomic E-state index is 11.4. The summed E-state index contributed by atoms with van der Waals surface area (Å²) in [5.74, 6) is 1.96. The number of piperidine rings is 1. The molecule has 1 aliphatic heterocycles. The molecule has 0 bridgehead atoms. The molecule has 212 valence electrons. The molecule has 10 nitrogen and oxygen atoms in total. The number of hydrogen-bond donors (Lipinski definition) is 4. The molecule has 6 rings (SSSR count). The van der Waals surface area contributed by atoms with Crippen molar-refractivity contribution >= 4 is 28.5 Å². The third-order valence-electron chi connectivity index (χ3n) is 7.80. The zero-order chi connectivity index (χ0) is 28.3. The van der Waals surface area contributed by atoms with Crippen molar-refractivity contribution in [3.63, 3.8) is 0 Å². The molecule has 2 aliphatic rings. The number of fused-ring (bicyclic) bond motifs is 1. The second kappa shape index (κ2) is 11.6. The van der Waals surface area contributed by atoms with Crippen LogP contribution in [0, 0.1) is 12.8 Å². The third-order valence-corrected chi connectivity index (χ3v) is 7.80. The Balaban J connectivity index is 1.26. The van der Waals surface area contributed by atoms with Gasteiger partial charge in [0.2, 0.25) is 11.8 Å². The number of nitrogens with zero attached hydrogens (tertiary/aromatic N) is 4. The van der Waals surface area contributed by atoms with Gasteiger partial charge >= 0.3 is 6.09 Å². The number of carbonyl (C=O) groups is 1. The van der Waals surface area contributed by atoms with Crippen LogP contribution in [0.4, 0.5) is 16.4 Å². The number of hydrogen-bond acceptors (Lipinski definition) is 8. The lowest BCUT2D eigenvalue weighted by Crippen LogP contribution is -2.44. The Hall–Kier alpha value is -4.44. The summed E-state index contributed by atoms with van der Waals surface area (Å²) >= 11 is 0. The Bertz CT molecular complexity index is 1560. The minimum atomic E-state index is -0.911. The zero-order valence-electron chi connectivity index (χ0n) is 23.0. The van der Waals surface area contributed by atoms with Crippen molar-refractivity contribution in [2.75, 3.05) is 30.3 Å². The molecule has 0 radical (unpaired) electrons. The highest BCUT2D eigenvalue weighted by molar-refractivity contribution is 5.98. The number of aryl methyl sites for hydroxylation is 1. The SMILES string of the molecule is Cc1ccc2c(NC[C@@H](O)C3CC3)cccc2c1Oc1ncccc1-c1ccnc(NC2CCCN(C(=O)O)C2)n1. The van der Waals surface area contributed by atoms with Crippen molar-refractivity contribution < 1.29 is 19.7 Å². The average Bonchev–Trinajstić information content (AvgIpc) is 3.84. The van der Waals surface area contributed by atoms with Crippen LogP contribution in [0.1, 0.15) is 31.2 Å². The first-order valence-electron chi connectivity index (χ1n) is 14.1. The van der Waals surface area contributed by atoms with Crippen LogP contribution >= 0.6 is 0 Å². The van der Waals surface area contributed by atoms with Crippen molar-refractivity contribution in [1.82, 2.24) is 19.9 Å². The summed E-state index contributed by atoms with van der Waals surface area (Å²) in [5.41, 5.74) is 3.27. The van der Waals surface area contributed by atoms with E-state index in [0.717, 1.165) is 47.7 Å². The molecule has 3 heterocycles. The topological polar surface area (TPSA) is 133 Å². The first-order chi connectivity index (χ1) is 20.0. The number of nitrogens with one attached hydrogen (secondary N) is 2. The Labute approximate surface area is 238 Å². The molecule has 2 aromatic carbocycles. The van der Waals surface area contributed by atoms with E-state index in [0.29, 0.717) is 54.4 Å². The van der Waals surface area contributed by atoms with E-state index < -0.39 is 6.09 Å². The van der Waals surface area contributed by atoms with Gasteiger partial charge in [-0.2, -0.15) is 0 Å². The summed E-state index contributed by atoms with van der Waals surface area (Å²) in [7, 11) is 0. The Kier molecular flexibility index (Phi) is 7.56. The fourth-order valence-electron chi connectivity index (χ4n) is 5.38. The molecule has 0 spiro atoms. The number of ether oxygens (including phenoxy) is 1. The van der Waals surface area contributed by atoms with Crippen molar-refractivity contribution in [3.05, 3.63) is 66.5 Å². The van der Waals surface area contributed by atoms with Crippen molar-refractivity contribution in [2.45, 2.75) is 44.8 Å². The van der Waals surface area contributed by atoms with Crippen LogP contribution in [0.25, 0.3) is 22.0 Å². The smallest absolute Gasteiger partial charge is 0.407 e. The standard InChI is InChI=1S/C31H34N6O4/c1-19-9-12-22-23(6-2-8-25(22)34-17-27(38)20-10-11-20)28(19)41-29-24(7-3-14-32-29)26-13-15-33-30(36-26)35-21-5-4-16-37(18-21)31(39)40/h2-3,6-9,12-15,20-21,27,34,38H,4-5,10-11,16-18H2,1H3,(H,39,40)(H,33,35,36)/t21?,27-/m1/s1. The van der Waals surface area contributed by atoms with E-state index >= 15 is 0 Å². The van der Waals surface area contributed by atoms with Crippen LogP contribution in [0.15, 0.2) is 60.9 Å². The van der Waals surface area contributed by atoms with Crippen LogP contribution < -0.4 is 15.4 Å². The molecule has 1 amide bonds. The second-order valence-corrected chi connectivity index (χ2v) is 10.8. The molecule has 4 N–H and O–H groups in total. The highest BCUT2D eigenvalue weighted by Gasteiger charge is 2.29. The largest absolute Gasteiger partial charge is 0.465 e. The lowest BCUT2D eigenvalue weighted by atomic mass is 10.0. The number of anilines is 2. The predicted octanol–water partition coefficient (Wildman–Crippen LogP) is 5.53. The van der Waals surface area contributed by atoms with E-state index in [4.69, 9.17) is 9.72 Å². The van der Waals surface area contributed by atoms with Gasteiger partial charge in [-0.25, -0.2) is 19.7 Å². The fourth-order valence-corrected chi connectivity index (χ4v) is 5.38. The normalized spacial score (nSPS) is 17.7. The maximum absolute atomic E-state index is 11.4. The molecular formula is C31H34N6O4. The van der Waals surface area contributed by atoms with E-state index in [9.17, 15) is 15.0 Å². The number of pyridine rings is 1. The van der Waals surface area contributed by atoms with Gasteiger partial charge in [0.15, 0.2) is 0 Å². The van der Waals surface area contributed by atoms with Crippen molar-refractivity contribution in [3.8, 4) is 22.9 Å². The van der Waals surface area contributed by atoms with Gasteiger partial charge in [0.1, 0.15) is 5.75 Å². The molecule has 1 unspecified atom stereocenters. The van der Waals surface area contributed by atoms with Gasteiger partial charge in [0.05, 0.1) is 17.4 Å². The second-order valence-electron chi connectivity index (χ2n) is 10.8. The average molecular weight is 555 g/mol. The first kappa shape index (κ1) is 26.8. The van der Waals surface area contributed by atoms with Crippen molar-refractivity contribution in [2.24, 2.45) is 5.92 Å². The Morgan fingerprint density at radius 3 is 2.78 bits per heavy atom. The first-order valence-corrected chi connectivity index (χ1v) is 14.1. The molecule has 4 aromatic rings. The molecule has 2 aromatic heterocycles. The number of benzene rings is 2. The summed E-state index contributed by atoms with van der Waals surface area (Å²) in [6, 6.07) is 15.6. The molecule has 2 fully saturated rings.